The van der Waals surface area contributed by atoms with Gasteiger partial charge in [0, 0.05) is 29.7 Å². The van der Waals surface area contributed by atoms with Crippen LogP contribution in [0.1, 0.15) is 63.7 Å². The standard InChI is InChI=1S/C30H35N5O3/c1-5-38-30(37)26-19-34(32-28(26)35(20(2)3)29(36)22-12-10-21(4)11-13-22)25-16-14-24(15-17-25)33-18-23-8-6-7-9-27(23)31-33/h6-9,14-22H,5,10-13H2,1-4H3. The summed E-state index contributed by atoms with van der Waals surface area (Å²) in [6.45, 7) is 8.17. The van der Waals surface area contributed by atoms with Crippen LogP contribution in [0.4, 0.5) is 5.82 Å². The molecule has 5 rings (SSSR count). The van der Waals surface area contributed by atoms with Crippen molar-refractivity contribution in [3.05, 3.63) is 66.5 Å². The Kier molecular flexibility index (Phi) is 7.31. The second-order valence-corrected chi connectivity index (χ2v) is 10.4. The van der Waals surface area contributed by atoms with Crippen LogP contribution in [0.25, 0.3) is 22.3 Å². The first kappa shape index (κ1) is 25.7. The van der Waals surface area contributed by atoms with Crippen LogP contribution in [0, 0.1) is 11.8 Å². The number of rotatable bonds is 7. The number of benzene rings is 2. The van der Waals surface area contributed by atoms with E-state index in [4.69, 9.17) is 9.84 Å². The predicted octanol–water partition coefficient (Wildman–Crippen LogP) is 5.96. The van der Waals surface area contributed by atoms with Crippen LogP contribution in [0.5, 0.6) is 0 Å². The number of hydrogen-bond donors (Lipinski definition) is 0. The third-order valence-corrected chi connectivity index (χ3v) is 7.33. The Morgan fingerprint density at radius 3 is 2.18 bits per heavy atom. The van der Waals surface area contributed by atoms with Gasteiger partial charge in [-0.15, -0.1) is 5.10 Å². The minimum atomic E-state index is -0.482. The van der Waals surface area contributed by atoms with Crippen molar-refractivity contribution < 1.29 is 14.3 Å². The molecule has 0 N–H and O–H groups in total. The number of carbonyl (C=O) groups is 2. The van der Waals surface area contributed by atoms with Crippen LogP contribution in [0.3, 0.4) is 0 Å². The number of ether oxygens (including phenoxy) is 1. The molecule has 1 saturated carbocycles. The van der Waals surface area contributed by atoms with E-state index in [1.807, 2.05) is 73.3 Å². The summed E-state index contributed by atoms with van der Waals surface area (Å²) in [5.74, 6) is 0.485. The molecule has 1 fully saturated rings. The van der Waals surface area contributed by atoms with Crippen LogP contribution < -0.4 is 4.90 Å². The summed E-state index contributed by atoms with van der Waals surface area (Å²) in [5.41, 5.74) is 2.90. The highest BCUT2D eigenvalue weighted by molar-refractivity contribution is 6.02. The van der Waals surface area contributed by atoms with Crippen LogP contribution in [-0.4, -0.2) is 44.1 Å². The van der Waals surface area contributed by atoms with Crippen LogP contribution in [0.15, 0.2) is 60.9 Å². The molecule has 2 aromatic heterocycles. The maximum atomic E-state index is 13.7. The predicted molar refractivity (Wildman–Crippen MR) is 148 cm³/mol. The third-order valence-electron chi connectivity index (χ3n) is 7.33. The number of anilines is 1. The van der Waals surface area contributed by atoms with Crippen LogP contribution >= 0.6 is 0 Å². The summed E-state index contributed by atoms with van der Waals surface area (Å²) < 4.78 is 8.84. The fraction of sp³-hybridized carbons (Fsp3) is 0.400. The number of aromatic nitrogens is 4. The van der Waals surface area contributed by atoms with Gasteiger partial charge in [-0.05, 0) is 82.7 Å². The fourth-order valence-electron chi connectivity index (χ4n) is 5.19. The van der Waals surface area contributed by atoms with Crippen molar-refractivity contribution >= 4 is 28.6 Å². The van der Waals surface area contributed by atoms with Gasteiger partial charge >= 0.3 is 5.97 Å². The maximum Gasteiger partial charge on any atom is 0.343 e. The molecule has 2 heterocycles. The molecular weight excluding hydrogens is 478 g/mol. The van der Waals surface area contributed by atoms with Gasteiger partial charge in [-0.25, -0.2) is 14.2 Å². The first-order chi connectivity index (χ1) is 18.4. The molecule has 1 aliphatic carbocycles. The number of fused-ring (bicyclic) bond motifs is 1. The summed E-state index contributed by atoms with van der Waals surface area (Å²) >= 11 is 0. The third kappa shape index (κ3) is 5.08. The van der Waals surface area contributed by atoms with E-state index < -0.39 is 5.97 Å². The van der Waals surface area contributed by atoms with E-state index in [-0.39, 0.29) is 24.5 Å². The molecule has 0 bridgehead atoms. The Balaban J connectivity index is 1.48. The lowest BCUT2D eigenvalue weighted by Gasteiger charge is -2.32. The smallest absolute Gasteiger partial charge is 0.343 e. The first-order valence-electron chi connectivity index (χ1n) is 13.5. The lowest BCUT2D eigenvalue weighted by molar-refractivity contribution is -0.124. The maximum absolute atomic E-state index is 13.7. The van der Waals surface area contributed by atoms with Crippen molar-refractivity contribution in [2.75, 3.05) is 11.5 Å². The normalized spacial score (nSPS) is 17.6. The summed E-state index contributed by atoms with van der Waals surface area (Å²) in [5, 5.41) is 10.5. The van der Waals surface area contributed by atoms with Gasteiger partial charge in [-0.1, -0.05) is 25.1 Å². The zero-order valence-corrected chi connectivity index (χ0v) is 22.5. The van der Waals surface area contributed by atoms with Gasteiger partial charge in [0.05, 0.1) is 23.5 Å². The quantitative estimate of drug-likeness (QED) is 0.285. The second-order valence-electron chi connectivity index (χ2n) is 10.4. The molecule has 1 amide bonds. The Hall–Kier alpha value is -3.94. The SMILES string of the molecule is CCOC(=O)c1cn(-c2ccc(-n3cc4ccccc4n3)cc2)nc1N(C(=O)C1CCC(C)CC1)C(C)C. The minimum absolute atomic E-state index is 0.0313. The monoisotopic (exact) mass is 513 g/mol. The molecule has 198 valence electrons. The largest absolute Gasteiger partial charge is 0.462 e. The zero-order valence-electron chi connectivity index (χ0n) is 22.5. The summed E-state index contributed by atoms with van der Waals surface area (Å²) in [4.78, 5) is 28.4. The van der Waals surface area contributed by atoms with E-state index in [9.17, 15) is 9.59 Å². The molecule has 1 aliphatic rings. The number of esters is 1. The van der Waals surface area contributed by atoms with E-state index in [0.717, 1.165) is 48.0 Å². The Morgan fingerprint density at radius 2 is 1.58 bits per heavy atom. The molecule has 8 nitrogen and oxygen atoms in total. The van der Waals surface area contributed by atoms with E-state index in [2.05, 4.69) is 12.0 Å². The van der Waals surface area contributed by atoms with Crippen molar-refractivity contribution in [2.24, 2.45) is 11.8 Å². The highest BCUT2D eigenvalue weighted by Gasteiger charge is 2.34. The summed E-state index contributed by atoms with van der Waals surface area (Å²) in [6, 6.07) is 15.6. The van der Waals surface area contributed by atoms with Crippen molar-refractivity contribution in [1.82, 2.24) is 19.6 Å². The molecule has 0 spiro atoms. The van der Waals surface area contributed by atoms with Crippen LogP contribution in [-0.2, 0) is 9.53 Å². The molecular formula is C30H35N5O3. The average Bonchev–Trinajstić information content (AvgIpc) is 3.54. The van der Waals surface area contributed by atoms with Crippen molar-refractivity contribution in [3.63, 3.8) is 0 Å². The molecule has 4 aromatic rings. The fourth-order valence-corrected chi connectivity index (χ4v) is 5.19. The van der Waals surface area contributed by atoms with Crippen molar-refractivity contribution in [3.8, 4) is 11.4 Å². The van der Waals surface area contributed by atoms with Crippen molar-refractivity contribution in [2.45, 2.75) is 59.4 Å². The Morgan fingerprint density at radius 1 is 0.947 bits per heavy atom. The number of nitrogens with zero attached hydrogens (tertiary/aromatic N) is 5. The first-order valence-corrected chi connectivity index (χ1v) is 13.5. The van der Waals surface area contributed by atoms with Gasteiger partial charge in [0.1, 0.15) is 5.56 Å². The highest BCUT2D eigenvalue weighted by atomic mass is 16.5. The molecule has 8 heteroatoms. The number of hydrogen-bond acceptors (Lipinski definition) is 5. The topological polar surface area (TPSA) is 82.2 Å². The van der Waals surface area contributed by atoms with Gasteiger partial charge in [0.25, 0.3) is 0 Å². The molecule has 0 radical (unpaired) electrons. The molecule has 38 heavy (non-hydrogen) atoms. The lowest BCUT2D eigenvalue weighted by Crippen LogP contribution is -2.43. The molecule has 0 atom stereocenters. The molecule has 0 unspecified atom stereocenters. The van der Waals surface area contributed by atoms with E-state index >= 15 is 0 Å². The second kappa shape index (κ2) is 10.8. The zero-order chi connectivity index (χ0) is 26.8. The van der Waals surface area contributed by atoms with E-state index in [0.29, 0.717) is 17.3 Å². The van der Waals surface area contributed by atoms with Gasteiger partial charge in [0.15, 0.2) is 5.82 Å². The number of carbonyl (C=O) groups excluding carboxylic acids is 2. The van der Waals surface area contributed by atoms with Gasteiger partial charge in [-0.2, -0.15) is 5.10 Å². The van der Waals surface area contributed by atoms with E-state index in [1.165, 1.54) is 0 Å². The molecule has 0 saturated heterocycles. The summed E-state index contributed by atoms with van der Waals surface area (Å²) in [6.07, 6.45) is 7.47. The Labute approximate surface area is 223 Å². The highest BCUT2D eigenvalue weighted by Crippen LogP contribution is 2.33. The molecule has 2 aromatic carbocycles. The lowest BCUT2D eigenvalue weighted by atomic mass is 9.82. The van der Waals surface area contributed by atoms with Gasteiger partial charge < -0.3 is 4.74 Å². The van der Waals surface area contributed by atoms with Gasteiger partial charge in [-0.3, -0.25) is 9.69 Å². The van der Waals surface area contributed by atoms with Gasteiger partial charge in [0.2, 0.25) is 5.91 Å². The average molecular weight is 514 g/mol. The van der Waals surface area contributed by atoms with Crippen molar-refractivity contribution in [1.29, 1.82) is 0 Å². The van der Waals surface area contributed by atoms with E-state index in [1.54, 1.807) is 22.7 Å². The molecule has 0 aliphatic heterocycles. The van der Waals surface area contributed by atoms with Crippen LogP contribution in [0.2, 0.25) is 0 Å². The minimum Gasteiger partial charge on any atom is -0.462 e. The Bertz CT molecular complexity index is 1390. The summed E-state index contributed by atoms with van der Waals surface area (Å²) in [7, 11) is 0. The number of amides is 1.